The van der Waals surface area contributed by atoms with Crippen molar-refractivity contribution < 1.29 is 4.42 Å². The Labute approximate surface area is 96.5 Å². The van der Waals surface area contributed by atoms with E-state index in [1.165, 1.54) is 31.2 Å². The molecule has 1 heteroatoms. The van der Waals surface area contributed by atoms with Crippen molar-refractivity contribution in [2.24, 2.45) is 10.8 Å². The Balaban J connectivity index is 1.96. The molecule has 84 valence electrons. The Morgan fingerprint density at radius 2 is 2.12 bits per heavy atom. The predicted molar refractivity (Wildman–Crippen MR) is 64.1 cm³/mol. The summed E-state index contributed by atoms with van der Waals surface area (Å²) in [7, 11) is 0. The second-order valence-electron chi connectivity index (χ2n) is 6.50. The van der Waals surface area contributed by atoms with Gasteiger partial charge >= 0.3 is 0 Å². The number of furan rings is 1. The van der Waals surface area contributed by atoms with E-state index < -0.39 is 0 Å². The van der Waals surface area contributed by atoms with Gasteiger partial charge in [-0.2, -0.15) is 0 Å². The molecule has 0 N–H and O–H groups in total. The van der Waals surface area contributed by atoms with E-state index >= 15 is 0 Å². The van der Waals surface area contributed by atoms with E-state index in [4.69, 9.17) is 4.42 Å². The van der Waals surface area contributed by atoms with Crippen LogP contribution in [-0.2, 0) is 5.41 Å². The molecule has 16 heavy (non-hydrogen) atoms. The maximum Gasteiger partial charge on any atom is 0.130 e. The largest absolute Gasteiger partial charge is 0.465 e. The minimum atomic E-state index is 0.436. The van der Waals surface area contributed by atoms with Crippen LogP contribution in [0.1, 0.15) is 50.9 Å². The summed E-state index contributed by atoms with van der Waals surface area (Å²) in [4.78, 5) is 0. The van der Waals surface area contributed by atoms with E-state index in [0.717, 1.165) is 5.76 Å². The van der Waals surface area contributed by atoms with E-state index in [-0.39, 0.29) is 0 Å². The van der Waals surface area contributed by atoms with Crippen LogP contribution in [0.5, 0.6) is 0 Å². The van der Waals surface area contributed by atoms with Crippen LogP contribution in [0.3, 0.4) is 0 Å². The average Bonchev–Trinajstić information content (AvgIpc) is 2.73. The normalized spacial score (nSPS) is 42.1. The lowest BCUT2D eigenvalue weighted by Crippen LogP contribution is -2.37. The molecule has 0 amide bonds. The fraction of sp³-hybridized carbons (Fsp3) is 0.600. The first kappa shape index (κ1) is 9.09. The minimum absolute atomic E-state index is 0.436. The third kappa shape index (κ3) is 0.723. The molecule has 0 aliphatic heterocycles. The Bertz CT molecular complexity index is 493. The van der Waals surface area contributed by atoms with Crippen molar-refractivity contribution in [2.75, 3.05) is 0 Å². The lowest BCUT2D eigenvalue weighted by Gasteiger charge is -2.43. The standard InChI is InChI=1S/C15H18O/c1-13(2)6-3-7-14-10-15(13,14)8-4-12-11(14)5-9-16-12/h4-5,8-9H,3,6-7,10H2,1-2H3/t14-,15-/m0/s1. The van der Waals surface area contributed by atoms with Crippen LogP contribution >= 0.6 is 0 Å². The molecule has 3 aliphatic carbocycles. The molecule has 1 aromatic rings. The van der Waals surface area contributed by atoms with Gasteiger partial charge in [-0.1, -0.05) is 26.3 Å². The molecular formula is C15H18O. The van der Waals surface area contributed by atoms with Crippen molar-refractivity contribution in [2.45, 2.75) is 44.9 Å². The summed E-state index contributed by atoms with van der Waals surface area (Å²) in [6.07, 6.45) is 12.0. The summed E-state index contributed by atoms with van der Waals surface area (Å²) < 4.78 is 5.57. The molecule has 2 saturated carbocycles. The van der Waals surface area contributed by atoms with Gasteiger partial charge in [-0.3, -0.25) is 0 Å². The molecule has 2 atom stereocenters. The van der Waals surface area contributed by atoms with E-state index in [0.29, 0.717) is 16.2 Å². The van der Waals surface area contributed by atoms with Gasteiger partial charge in [0.25, 0.3) is 0 Å². The highest BCUT2D eigenvalue weighted by Gasteiger charge is 2.74. The first-order valence-electron chi connectivity index (χ1n) is 6.39. The summed E-state index contributed by atoms with van der Waals surface area (Å²) in [5, 5.41) is 0. The van der Waals surface area contributed by atoms with Gasteiger partial charge in [0.1, 0.15) is 5.76 Å². The predicted octanol–water partition coefficient (Wildman–Crippen LogP) is 4.14. The maximum atomic E-state index is 5.57. The van der Waals surface area contributed by atoms with Gasteiger partial charge in [0, 0.05) is 16.4 Å². The fourth-order valence-electron chi connectivity index (χ4n) is 4.66. The maximum absolute atomic E-state index is 5.57. The topological polar surface area (TPSA) is 13.1 Å². The summed E-state index contributed by atoms with van der Waals surface area (Å²) in [5.41, 5.74) is 2.82. The molecule has 0 unspecified atom stereocenters. The molecule has 0 bridgehead atoms. The van der Waals surface area contributed by atoms with Crippen LogP contribution in [0.4, 0.5) is 0 Å². The molecule has 1 heterocycles. The molecular weight excluding hydrogens is 196 g/mol. The van der Waals surface area contributed by atoms with Crippen LogP contribution < -0.4 is 0 Å². The van der Waals surface area contributed by atoms with Crippen molar-refractivity contribution in [3.8, 4) is 0 Å². The molecule has 0 aromatic carbocycles. The SMILES string of the molecule is CC1(C)CCC[C@@]23C[C@@]12C=Cc1occc13. The van der Waals surface area contributed by atoms with Crippen LogP contribution in [0.15, 0.2) is 22.8 Å². The molecule has 1 nitrogen and oxygen atoms in total. The third-order valence-electron chi connectivity index (χ3n) is 5.65. The van der Waals surface area contributed by atoms with Crippen molar-refractivity contribution in [3.05, 3.63) is 29.7 Å². The molecule has 1 aromatic heterocycles. The number of rotatable bonds is 0. The Morgan fingerprint density at radius 1 is 1.25 bits per heavy atom. The Hall–Kier alpha value is -0.980. The first-order chi connectivity index (χ1) is 7.61. The molecule has 3 aliphatic rings. The van der Waals surface area contributed by atoms with E-state index in [1.807, 2.05) is 6.26 Å². The van der Waals surface area contributed by atoms with Gasteiger partial charge in [0.2, 0.25) is 0 Å². The van der Waals surface area contributed by atoms with Crippen LogP contribution in [-0.4, -0.2) is 0 Å². The lowest BCUT2D eigenvalue weighted by atomic mass is 9.60. The zero-order chi connectivity index (χ0) is 11.0. The number of fused-ring (bicyclic) bond motifs is 1. The van der Waals surface area contributed by atoms with E-state index in [1.54, 1.807) is 0 Å². The van der Waals surface area contributed by atoms with Gasteiger partial charge in [0.05, 0.1) is 6.26 Å². The van der Waals surface area contributed by atoms with Crippen LogP contribution in [0.2, 0.25) is 0 Å². The smallest absolute Gasteiger partial charge is 0.130 e. The average molecular weight is 214 g/mol. The second kappa shape index (κ2) is 2.32. The van der Waals surface area contributed by atoms with E-state index in [2.05, 4.69) is 32.1 Å². The number of allylic oxidation sites excluding steroid dienone is 1. The van der Waals surface area contributed by atoms with Gasteiger partial charge in [0.15, 0.2) is 0 Å². The zero-order valence-corrected chi connectivity index (χ0v) is 10.0. The second-order valence-corrected chi connectivity index (χ2v) is 6.50. The van der Waals surface area contributed by atoms with Crippen molar-refractivity contribution in [1.82, 2.24) is 0 Å². The molecule has 0 saturated heterocycles. The highest BCUT2D eigenvalue weighted by Crippen LogP contribution is 2.80. The fourth-order valence-corrected chi connectivity index (χ4v) is 4.66. The van der Waals surface area contributed by atoms with Crippen LogP contribution in [0, 0.1) is 10.8 Å². The lowest BCUT2D eigenvalue weighted by molar-refractivity contribution is 0.141. The van der Waals surface area contributed by atoms with Gasteiger partial charge in [-0.25, -0.2) is 0 Å². The summed E-state index contributed by atoms with van der Waals surface area (Å²) in [6.45, 7) is 4.90. The zero-order valence-electron chi connectivity index (χ0n) is 10.0. The number of hydrogen-bond donors (Lipinski definition) is 0. The minimum Gasteiger partial charge on any atom is -0.465 e. The van der Waals surface area contributed by atoms with E-state index in [9.17, 15) is 0 Å². The van der Waals surface area contributed by atoms with Crippen molar-refractivity contribution in [1.29, 1.82) is 0 Å². The summed E-state index contributed by atoms with van der Waals surface area (Å²) >= 11 is 0. The Morgan fingerprint density at radius 3 is 3.00 bits per heavy atom. The summed E-state index contributed by atoms with van der Waals surface area (Å²) in [6, 6.07) is 2.21. The Kier molecular flexibility index (Phi) is 1.32. The van der Waals surface area contributed by atoms with Gasteiger partial charge in [-0.05, 0) is 36.8 Å². The number of hydrogen-bond acceptors (Lipinski definition) is 1. The van der Waals surface area contributed by atoms with Crippen LogP contribution in [0.25, 0.3) is 6.08 Å². The summed E-state index contributed by atoms with van der Waals surface area (Å²) in [5.74, 6) is 1.12. The monoisotopic (exact) mass is 214 g/mol. The highest BCUT2D eigenvalue weighted by atomic mass is 16.3. The molecule has 0 spiro atoms. The molecule has 2 fully saturated rings. The molecule has 0 radical (unpaired) electrons. The quantitative estimate of drug-likeness (QED) is 0.632. The van der Waals surface area contributed by atoms with Crippen molar-refractivity contribution >= 4 is 6.08 Å². The first-order valence-corrected chi connectivity index (χ1v) is 6.39. The van der Waals surface area contributed by atoms with Crippen molar-refractivity contribution in [3.63, 3.8) is 0 Å². The molecule has 4 rings (SSSR count). The third-order valence-corrected chi connectivity index (χ3v) is 5.65. The van der Waals surface area contributed by atoms with Gasteiger partial charge in [-0.15, -0.1) is 0 Å². The highest BCUT2D eigenvalue weighted by molar-refractivity contribution is 5.63. The van der Waals surface area contributed by atoms with Gasteiger partial charge < -0.3 is 4.42 Å².